The van der Waals surface area contributed by atoms with Gasteiger partial charge in [-0.25, -0.2) is 0 Å². The van der Waals surface area contributed by atoms with Crippen LogP contribution >= 0.6 is 0 Å². The van der Waals surface area contributed by atoms with Gasteiger partial charge >= 0.3 is 0 Å². The molecule has 2 aliphatic heterocycles. The van der Waals surface area contributed by atoms with Gasteiger partial charge in [-0.15, -0.1) is 0 Å². The molecule has 2 heteroatoms. The fraction of sp³-hybridized carbons (Fsp3) is 1.00. The van der Waals surface area contributed by atoms with Crippen molar-refractivity contribution < 1.29 is 0 Å². The van der Waals surface area contributed by atoms with E-state index in [1.165, 1.54) is 51.9 Å². The third-order valence-electron chi connectivity index (χ3n) is 5.09. The van der Waals surface area contributed by atoms with E-state index in [1.54, 1.807) is 0 Å². The second-order valence-corrected chi connectivity index (χ2v) is 7.02. The maximum atomic E-state index is 3.77. The quantitative estimate of drug-likeness (QED) is 0.770. The van der Waals surface area contributed by atoms with Crippen molar-refractivity contribution in [1.29, 1.82) is 0 Å². The Morgan fingerprint density at radius 2 is 2.19 bits per heavy atom. The third kappa shape index (κ3) is 2.02. The molecule has 16 heavy (non-hydrogen) atoms. The minimum atomic E-state index is 0.563. The van der Waals surface area contributed by atoms with Crippen LogP contribution in [0, 0.1) is 17.3 Å². The highest BCUT2D eigenvalue weighted by Gasteiger charge is 2.40. The molecule has 0 amide bonds. The summed E-state index contributed by atoms with van der Waals surface area (Å²) >= 11 is 0. The van der Waals surface area contributed by atoms with Gasteiger partial charge in [0.15, 0.2) is 0 Å². The maximum Gasteiger partial charge on any atom is 0.0226 e. The second kappa shape index (κ2) is 3.99. The maximum absolute atomic E-state index is 3.77. The van der Waals surface area contributed by atoms with Crippen molar-refractivity contribution in [3.63, 3.8) is 0 Å². The van der Waals surface area contributed by atoms with Crippen LogP contribution in [-0.4, -0.2) is 37.1 Å². The molecule has 0 bridgehead atoms. The number of hydrogen-bond donors (Lipinski definition) is 1. The Hall–Kier alpha value is -0.0800. The van der Waals surface area contributed by atoms with Gasteiger partial charge in [0.2, 0.25) is 0 Å². The van der Waals surface area contributed by atoms with E-state index in [2.05, 4.69) is 24.1 Å². The summed E-state index contributed by atoms with van der Waals surface area (Å²) in [7, 11) is 0. The Morgan fingerprint density at radius 1 is 1.31 bits per heavy atom. The zero-order chi connectivity index (χ0) is 11.2. The summed E-state index contributed by atoms with van der Waals surface area (Å²) in [5, 5.41) is 3.77. The number of nitrogens with one attached hydrogen (secondary N) is 1. The highest BCUT2D eigenvalue weighted by molar-refractivity contribution is 4.96. The van der Waals surface area contributed by atoms with Crippen molar-refractivity contribution in [3.8, 4) is 0 Å². The molecule has 3 unspecified atom stereocenters. The summed E-state index contributed by atoms with van der Waals surface area (Å²) in [5.74, 6) is 2.02. The van der Waals surface area contributed by atoms with Gasteiger partial charge in [-0.3, -0.25) is 0 Å². The van der Waals surface area contributed by atoms with Gasteiger partial charge in [0.25, 0.3) is 0 Å². The Bertz CT molecular complexity index is 261. The number of likely N-dealkylation sites (tertiary alicyclic amines) is 1. The van der Waals surface area contributed by atoms with Crippen LogP contribution in [-0.2, 0) is 0 Å². The van der Waals surface area contributed by atoms with E-state index in [0.29, 0.717) is 5.41 Å². The summed E-state index contributed by atoms with van der Waals surface area (Å²) < 4.78 is 0. The van der Waals surface area contributed by atoms with Gasteiger partial charge in [0.05, 0.1) is 0 Å². The number of nitrogens with zero attached hydrogens (tertiary/aromatic N) is 1. The lowest BCUT2D eigenvalue weighted by atomic mass is 9.92. The van der Waals surface area contributed by atoms with Crippen molar-refractivity contribution in [1.82, 2.24) is 10.2 Å². The first kappa shape index (κ1) is 11.0. The SMILES string of the molecule is CC1(C)CCN(CC2NCC3CCCC32)C1. The molecule has 3 fully saturated rings. The molecular weight excluding hydrogens is 196 g/mol. The molecule has 0 aromatic carbocycles. The fourth-order valence-electron chi connectivity index (χ4n) is 4.16. The Labute approximate surface area is 99.8 Å². The van der Waals surface area contributed by atoms with Crippen LogP contribution in [0.25, 0.3) is 0 Å². The third-order valence-corrected chi connectivity index (χ3v) is 5.09. The molecule has 1 aliphatic carbocycles. The average molecular weight is 222 g/mol. The van der Waals surface area contributed by atoms with Crippen LogP contribution in [0.3, 0.4) is 0 Å². The van der Waals surface area contributed by atoms with Crippen LogP contribution in [0.15, 0.2) is 0 Å². The molecule has 3 aliphatic rings. The predicted molar refractivity (Wildman–Crippen MR) is 67.5 cm³/mol. The zero-order valence-corrected chi connectivity index (χ0v) is 10.8. The van der Waals surface area contributed by atoms with E-state index in [1.807, 2.05) is 0 Å². The summed E-state index contributed by atoms with van der Waals surface area (Å²) in [6.07, 6.45) is 5.84. The number of fused-ring (bicyclic) bond motifs is 1. The molecule has 0 radical (unpaired) electrons. The molecule has 1 N–H and O–H groups in total. The van der Waals surface area contributed by atoms with Gasteiger partial charge < -0.3 is 10.2 Å². The fourth-order valence-corrected chi connectivity index (χ4v) is 4.16. The molecule has 3 atom stereocenters. The second-order valence-electron chi connectivity index (χ2n) is 7.02. The normalized spacial score (nSPS) is 42.8. The lowest BCUT2D eigenvalue weighted by Crippen LogP contribution is -2.40. The van der Waals surface area contributed by atoms with E-state index in [4.69, 9.17) is 0 Å². The predicted octanol–water partition coefficient (Wildman–Crippen LogP) is 2.11. The summed E-state index contributed by atoms with van der Waals surface area (Å²) in [5.41, 5.74) is 0.563. The minimum absolute atomic E-state index is 0.563. The standard InChI is InChI=1S/C14H26N2/c1-14(2)6-7-16(10-14)9-13-12-5-3-4-11(12)8-15-13/h11-13,15H,3-10H2,1-2H3. The van der Waals surface area contributed by atoms with Gasteiger partial charge in [-0.05, 0) is 49.6 Å². The van der Waals surface area contributed by atoms with Gasteiger partial charge in [-0.2, -0.15) is 0 Å². The van der Waals surface area contributed by atoms with Crippen LogP contribution < -0.4 is 5.32 Å². The van der Waals surface area contributed by atoms with Crippen molar-refractivity contribution in [2.45, 2.75) is 45.6 Å². The van der Waals surface area contributed by atoms with Crippen molar-refractivity contribution in [2.24, 2.45) is 17.3 Å². The molecule has 3 rings (SSSR count). The first-order valence-electron chi connectivity index (χ1n) is 7.10. The van der Waals surface area contributed by atoms with E-state index in [9.17, 15) is 0 Å². The van der Waals surface area contributed by atoms with E-state index in [0.717, 1.165) is 17.9 Å². The monoisotopic (exact) mass is 222 g/mol. The average Bonchev–Trinajstić information content (AvgIpc) is 2.84. The topological polar surface area (TPSA) is 15.3 Å². The van der Waals surface area contributed by atoms with E-state index in [-0.39, 0.29) is 0 Å². The van der Waals surface area contributed by atoms with Crippen molar-refractivity contribution >= 4 is 0 Å². The summed E-state index contributed by atoms with van der Waals surface area (Å²) in [4.78, 5) is 2.69. The van der Waals surface area contributed by atoms with Crippen molar-refractivity contribution in [3.05, 3.63) is 0 Å². The number of rotatable bonds is 2. The molecule has 0 aromatic heterocycles. The van der Waals surface area contributed by atoms with Crippen LogP contribution in [0.2, 0.25) is 0 Å². The van der Waals surface area contributed by atoms with E-state index < -0.39 is 0 Å². The van der Waals surface area contributed by atoms with Crippen LogP contribution in [0.4, 0.5) is 0 Å². The smallest absolute Gasteiger partial charge is 0.0226 e. The first-order valence-corrected chi connectivity index (χ1v) is 7.10. The summed E-state index contributed by atoms with van der Waals surface area (Å²) in [6.45, 7) is 10.1. The molecule has 1 saturated carbocycles. The van der Waals surface area contributed by atoms with E-state index >= 15 is 0 Å². The van der Waals surface area contributed by atoms with Gasteiger partial charge in [0, 0.05) is 19.1 Å². The minimum Gasteiger partial charge on any atom is -0.312 e. The number of hydrogen-bond acceptors (Lipinski definition) is 2. The van der Waals surface area contributed by atoms with Gasteiger partial charge in [-0.1, -0.05) is 20.3 Å². The molecule has 2 saturated heterocycles. The summed E-state index contributed by atoms with van der Waals surface area (Å²) in [6, 6.07) is 0.807. The Balaban J connectivity index is 1.56. The Kier molecular flexibility index (Phi) is 2.75. The molecule has 0 aromatic rings. The highest BCUT2D eigenvalue weighted by atomic mass is 15.2. The zero-order valence-electron chi connectivity index (χ0n) is 10.8. The molecule has 0 spiro atoms. The van der Waals surface area contributed by atoms with Crippen LogP contribution in [0.1, 0.15) is 39.5 Å². The lowest BCUT2D eigenvalue weighted by Gasteiger charge is -2.26. The molecule has 2 nitrogen and oxygen atoms in total. The molecule has 2 heterocycles. The molecular formula is C14H26N2. The van der Waals surface area contributed by atoms with Crippen LogP contribution in [0.5, 0.6) is 0 Å². The first-order chi connectivity index (χ1) is 7.64. The lowest BCUT2D eigenvalue weighted by molar-refractivity contribution is 0.243. The Morgan fingerprint density at radius 3 is 2.94 bits per heavy atom. The van der Waals surface area contributed by atoms with Gasteiger partial charge in [0.1, 0.15) is 0 Å². The largest absolute Gasteiger partial charge is 0.312 e. The highest BCUT2D eigenvalue weighted by Crippen LogP contribution is 2.38. The van der Waals surface area contributed by atoms with Crippen molar-refractivity contribution in [2.75, 3.05) is 26.2 Å². The molecule has 92 valence electrons.